The van der Waals surface area contributed by atoms with Crippen LogP contribution in [0.15, 0.2) is 24.4 Å². The van der Waals surface area contributed by atoms with Gasteiger partial charge in [0.05, 0.1) is 0 Å². The SMILES string of the molecule is CCNc1cc(NCc2ccc(C)nc2)nc(C)n1. The van der Waals surface area contributed by atoms with E-state index in [2.05, 4.69) is 31.7 Å². The summed E-state index contributed by atoms with van der Waals surface area (Å²) in [6.45, 7) is 7.46. The molecule has 0 saturated heterocycles. The molecule has 2 heterocycles. The number of anilines is 2. The van der Waals surface area contributed by atoms with Crippen molar-refractivity contribution < 1.29 is 0 Å². The number of hydrogen-bond acceptors (Lipinski definition) is 5. The molecular formula is C14H19N5. The molecule has 0 aromatic carbocycles. The minimum atomic E-state index is 0.704. The van der Waals surface area contributed by atoms with Crippen molar-refractivity contribution in [1.82, 2.24) is 15.0 Å². The first-order valence-electron chi connectivity index (χ1n) is 6.42. The highest BCUT2D eigenvalue weighted by atomic mass is 15.1. The summed E-state index contributed by atoms with van der Waals surface area (Å²) in [5.41, 5.74) is 2.16. The maximum Gasteiger partial charge on any atom is 0.132 e. The molecule has 0 aliphatic carbocycles. The molecule has 0 amide bonds. The molecule has 5 heteroatoms. The standard InChI is InChI=1S/C14H19N5/c1-4-15-13-7-14(19-11(3)18-13)17-9-12-6-5-10(2)16-8-12/h5-8H,4,9H2,1-3H3,(H2,15,17,18,19). The molecule has 0 atom stereocenters. The monoisotopic (exact) mass is 257 g/mol. The summed E-state index contributed by atoms with van der Waals surface area (Å²) in [5, 5.41) is 6.48. The second-order valence-electron chi connectivity index (χ2n) is 4.38. The lowest BCUT2D eigenvalue weighted by Gasteiger charge is -2.09. The van der Waals surface area contributed by atoms with E-state index in [0.717, 1.165) is 35.3 Å². The van der Waals surface area contributed by atoms with E-state index in [4.69, 9.17) is 0 Å². The van der Waals surface area contributed by atoms with Crippen LogP contribution in [0.1, 0.15) is 24.0 Å². The van der Waals surface area contributed by atoms with Gasteiger partial charge in [0.25, 0.3) is 0 Å². The van der Waals surface area contributed by atoms with Gasteiger partial charge in [-0.25, -0.2) is 9.97 Å². The van der Waals surface area contributed by atoms with Crippen LogP contribution in [-0.2, 0) is 6.54 Å². The quantitative estimate of drug-likeness (QED) is 0.861. The molecule has 2 rings (SSSR count). The van der Waals surface area contributed by atoms with E-state index in [9.17, 15) is 0 Å². The lowest BCUT2D eigenvalue weighted by Crippen LogP contribution is -2.06. The maximum absolute atomic E-state index is 4.37. The Kier molecular flexibility index (Phi) is 4.28. The predicted octanol–water partition coefficient (Wildman–Crippen LogP) is 2.53. The lowest BCUT2D eigenvalue weighted by atomic mass is 10.2. The third-order valence-corrected chi connectivity index (χ3v) is 2.64. The highest BCUT2D eigenvalue weighted by Crippen LogP contribution is 2.12. The van der Waals surface area contributed by atoms with Crippen molar-refractivity contribution in [3.05, 3.63) is 41.5 Å². The molecule has 0 spiro atoms. The van der Waals surface area contributed by atoms with E-state index in [1.807, 2.05) is 39.1 Å². The first-order chi connectivity index (χ1) is 9.17. The largest absolute Gasteiger partial charge is 0.370 e. The third kappa shape index (κ3) is 3.91. The van der Waals surface area contributed by atoms with Crippen LogP contribution in [0.2, 0.25) is 0 Å². The number of nitrogens with one attached hydrogen (secondary N) is 2. The zero-order valence-electron chi connectivity index (χ0n) is 11.6. The Morgan fingerprint density at radius 1 is 1.05 bits per heavy atom. The fourth-order valence-electron chi connectivity index (χ4n) is 1.73. The molecule has 0 saturated carbocycles. The van der Waals surface area contributed by atoms with Gasteiger partial charge in [-0.15, -0.1) is 0 Å². The molecule has 2 N–H and O–H groups in total. The molecule has 0 radical (unpaired) electrons. The Morgan fingerprint density at radius 3 is 2.42 bits per heavy atom. The topological polar surface area (TPSA) is 62.7 Å². The van der Waals surface area contributed by atoms with Gasteiger partial charge >= 0.3 is 0 Å². The fraction of sp³-hybridized carbons (Fsp3) is 0.357. The van der Waals surface area contributed by atoms with Crippen LogP contribution >= 0.6 is 0 Å². The Balaban J connectivity index is 2.04. The van der Waals surface area contributed by atoms with Crippen molar-refractivity contribution in [1.29, 1.82) is 0 Å². The van der Waals surface area contributed by atoms with Crippen molar-refractivity contribution in [3.8, 4) is 0 Å². The number of rotatable bonds is 5. The number of nitrogens with zero attached hydrogens (tertiary/aromatic N) is 3. The lowest BCUT2D eigenvalue weighted by molar-refractivity contribution is 1.01. The van der Waals surface area contributed by atoms with Crippen LogP contribution in [0.3, 0.4) is 0 Å². The van der Waals surface area contributed by atoms with Crippen LogP contribution in [0.5, 0.6) is 0 Å². The Morgan fingerprint density at radius 2 is 1.79 bits per heavy atom. The molecule has 0 aliphatic rings. The van der Waals surface area contributed by atoms with Crippen LogP contribution in [0.25, 0.3) is 0 Å². The highest BCUT2D eigenvalue weighted by Gasteiger charge is 2.01. The van der Waals surface area contributed by atoms with E-state index < -0.39 is 0 Å². The van der Waals surface area contributed by atoms with Gasteiger partial charge in [0.2, 0.25) is 0 Å². The summed E-state index contributed by atoms with van der Waals surface area (Å²) in [7, 11) is 0. The Hall–Kier alpha value is -2.17. The summed E-state index contributed by atoms with van der Waals surface area (Å²) in [6.07, 6.45) is 1.88. The van der Waals surface area contributed by atoms with Gasteiger partial charge in [0, 0.05) is 31.0 Å². The van der Waals surface area contributed by atoms with E-state index in [1.54, 1.807) is 0 Å². The van der Waals surface area contributed by atoms with Gasteiger partial charge < -0.3 is 10.6 Å². The summed E-state index contributed by atoms with van der Waals surface area (Å²) >= 11 is 0. The Bertz CT molecular complexity index is 536. The molecule has 0 aliphatic heterocycles. The third-order valence-electron chi connectivity index (χ3n) is 2.64. The van der Waals surface area contributed by atoms with E-state index in [-0.39, 0.29) is 0 Å². The average Bonchev–Trinajstić information content (AvgIpc) is 2.38. The molecule has 0 unspecified atom stereocenters. The second kappa shape index (κ2) is 6.13. The van der Waals surface area contributed by atoms with Gasteiger partial charge in [-0.3, -0.25) is 4.98 Å². The number of aryl methyl sites for hydroxylation is 2. The minimum absolute atomic E-state index is 0.704. The molecule has 2 aromatic rings. The van der Waals surface area contributed by atoms with Gasteiger partial charge in [-0.05, 0) is 32.4 Å². The van der Waals surface area contributed by atoms with Gasteiger partial charge in [-0.1, -0.05) is 6.07 Å². The number of hydrogen-bond donors (Lipinski definition) is 2. The zero-order valence-corrected chi connectivity index (χ0v) is 11.6. The Labute approximate surface area is 113 Å². The van der Waals surface area contributed by atoms with Crippen molar-refractivity contribution in [3.63, 3.8) is 0 Å². The second-order valence-corrected chi connectivity index (χ2v) is 4.38. The minimum Gasteiger partial charge on any atom is -0.370 e. The normalized spacial score (nSPS) is 10.3. The van der Waals surface area contributed by atoms with E-state index >= 15 is 0 Å². The molecule has 19 heavy (non-hydrogen) atoms. The summed E-state index contributed by atoms with van der Waals surface area (Å²) in [4.78, 5) is 13.0. The van der Waals surface area contributed by atoms with Crippen LogP contribution in [0, 0.1) is 13.8 Å². The van der Waals surface area contributed by atoms with Gasteiger partial charge in [-0.2, -0.15) is 0 Å². The fourth-order valence-corrected chi connectivity index (χ4v) is 1.73. The van der Waals surface area contributed by atoms with Crippen molar-refractivity contribution in [2.24, 2.45) is 0 Å². The van der Waals surface area contributed by atoms with E-state index in [1.165, 1.54) is 0 Å². The van der Waals surface area contributed by atoms with Crippen LogP contribution in [0.4, 0.5) is 11.6 Å². The summed E-state index contributed by atoms with van der Waals surface area (Å²) < 4.78 is 0. The van der Waals surface area contributed by atoms with Gasteiger partial charge in [0.15, 0.2) is 0 Å². The smallest absolute Gasteiger partial charge is 0.132 e. The molecule has 0 bridgehead atoms. The molecule has 100 valence electrons. The number of pyridine rings is 1. The predicted molar refractivity (Wildman–Crippen MR) is 77.2 cm³/mol. The van der Waals surface area contributed by atoms with Gasteiger partial charge in [0.1, 0.15) is 17.5 Å². The van der Waals surface area contributed by atoms with Crippen molar-refractivity contribution in [2.45, 2.75) is 27.3 Å². The highest BCUT2D eigenvalue weighted by molar-refractivity contribution is 5.47. The van der Waals surface area contributed by atoms with Crippen molar-refractivity contribution in [2.75, 3.05) is 17.2 Å². The van der Waals surface area contributed by atoms with Crippen LogP contribution < -0.4 is 10.6 Å². The summed E-state index contributed by atoms with van der Waals surface area (Å²) in [6, 6.07) is 5.99. The first kappa shape index (κ1) is 13.3. The van der Waals surface area contributed by atoms with E-state index in [0.29, 0.717) is 6.54 Å². The molecule has 5 nitrogen and oxygen atoms in total. The molecule has 2 aromatic heterocycles. The zero-order chi connectivity index (χ0) is 13.7. The first-order valence-corrected chi connectivity index (χ1v) is 6.42. The molecular weight excluding hydrogens is 238 g/mol. The summed E-state index contributed by atoms with van der Waals surface area (Å²) in [5.74, 6) is 2.42. The van der Waals surface area contributed by atoms with Crippen LogP contribution in [-0.4, -0.2) is 21.5 Å². The number of aromatic nitrogens is 3. The maximum atomic E-state index is 4.37. The van der Waals surface area contributed by atoms with Crippen molar-refractivity contribution >= 4 is 11.6 Å². The molecule has 0 fully saturated rings. The average molecular weight is 257 g/mol.